The Balaban J connectivity index is 0.000000264. The fourth-order valence-electron chi connectivity index (χ4n) is 17.6. The third kappa shape index (κ3) is 23.6. The molecule has 5 atom stereocenters. The van der Waals surface area contributed by atoms with E-state index in [0.717, 1.165) is 68.3 Å². The number of nitrogens with one attached hydrogen (secondary N) is 7. The molecule has 5 fully saturated rings. The number of piperidine rings is 1. The van der Waals surface area contributed by atoms with Crippen LogP contribution >= 0.6 is 0 Å². The van der Waals surface area contributed by atoms with Crippen molar-refractivity contribution in [1.29, 1.82) is 0 Å². The summed E-state index contributed by atoms with van der Waals surface area (Å²) in [7, 11) is -14.7. The van der Waals surface area contributed by atoms with Crippen LogP contribution in [0.4, 0.5) is 0 Å². The molecule has 20 rings (SSSR count). The van der Waals surface area contributed by atoms with Gasteiger partial charge in [-0.25, -0.2) is 91.9 Å². The maximum atomic E-state index is 13.2. The van der Waals surface area contributed by atoms with E-state index in [2.05, 4.69) is 90.3 Å². The van der Waals surface area contributed by atoms with E-state index in [1.807, 2.05) is 23.8 Å². The molecular weight excluding hydrogens is 2020 g/mol. The number of H-pyrrole nitrogens is 5. The normalized spacial score (nSPS) is 17.0. The molecule has 15 aromatic rings. The van der Waals surface area contributed by atoms with Crippen LogP contribution in [-0.2, 0) is 58.7 Å². The van der Waals surface area contributed by atoms with Gasteiger partial charge in [-0.1, -0.05) is 67.6 Å². The number of rotatable bonds is 25. The number of carbonyl (C=O) groups is 5. The van der Waals surface area contributed by atoms with Crippen LogP contribution in [0.3, 0.4) is 0 Å². The number of aliphatic hydroxyl groups is 2. The van der Waals surface area contributed by atoms with Crippen LogP contribution in [-0.4, -0.2) is 312 Å². The molecule has 5 saturated heterocycles. The van der Waals surface area contributed by atoms with Crippen molar-refractivity contribution in [2.45, 2.75) is 202 Å². The Morgan fingerprint density at radius 2 is 0.700 bits per heavy atom. The van der Waals surface area contributed by atoms with Crippen LogP contribution in [0.1, 0.15) is 186 Å². The molecule has 10 aromatic heterocycles. The maximum Gasteiger partial charge on any atom is 0.258 e. The number of aromatic amines is 5. The number of hydrogen-bond acceptors (Lipinski definition) is 30. The van der Waals surface area contributed by atoms with Crippen molar-refractivity contribution >= 4 is 135 Å². The molecule has 5 amide bonds. The molecule has 0 aliphatic carbocycles. The summed E-state index contributed by atoms with van der Waals surface area (Å²) in [6, 6.07) is 32.3. The zero-order valence-corrected chi connectivity index (χ0v) is 89.0. The number of amides is 5. The summed E-state index contributed by atoms with van der Waals surface area (Å²) >= 11 is 0. The third-order valence-electron chi connectivity index (χ3n) is 27.1. The van der Waals surface area contributed by atoms with Gasteiger partial charge in [-0.2, -0.15) is 0 Å². The fourth-order valence-corrected chi connectivity index (χ4v) is 22.9. The van der Waals surface area contributed by atoms with Gasteiger partial charge in [0.25, 0.3) is 29.5 Å². The third-order valence-corrected chi connectivity index (χ3v) is 38.0. The average Bonchev–Trinajstić information content (AvgIpc) is 1.69. The molecule has 2 bridgehead atoms. The first-order chi connectivity index (χ1) is 71.5. The summed E-state index contributed by atoms with van der Waals surface area (Å²) < 4.78 is 134. The molecule has 15 heterocycles. The number of nitrogens with zero attached hydrogens (tertiary/aromatic N) is 14. The number of carbonyl (C=O) groups excluding carboxylic acids is 5. The molecule has 45 heteroatoms. The minimum atomic E-state index is -3.35. The molecule has 150 heavy (non-hydrogen) atoms. The van der Waals surface area contributed by atoms with Gasteiger partial charge in [-0.15, -0.1) is 0 Å². The molecule has 5 aliphatic heterocycles. The smallest absolute Gasteiger partial charge is 0.258 e. The lowest BCUT2D eigenvalue weighted by Crippen LogP contribution is -2.47. The van der Waals surface area contributed by atoms with Crippen LogP contribution < -0.4 is 10.6 Å². The highest BCUT2D eigenvalue weighted by Gasteiger charge is 2.39. The van der Waals surface area contributed by atoms with Gasteiger partial charge in [0.15, 0.2) is 77.4 Å². The Hall–Kier alpha value is -13.9. The standard InChI is InChI=1S/C22H24N4O4S.C22H26N4O4S.C21H25N5O3S.C20H22N4O4S.C20H24N4O4S.9H2/c1-13(2)31(28,29)17-7-3-14(4-8-17)19-10-24-21-20(25-19)18(9-23-21)22(27)26-11-15-5-6-16(12-26)30-15;1-14(2)31(29,30)17-8-6-15(7-9-17)19-12-24-21-20(25-19)18(11-23-21)22(28)26-10-4-3-5-16(26)13-27;1-14(2)30(28,29)16-6-4-15(5-7-16)18-13-23-20-19(24-18)17(12-22-20)21(27)26-10-8-25(3)9-11-26;1-12(2)29(26,27)15-5-3-13(4-6-15)17-10-22-19-18(24-17)16(9-21-19)20(25)23-14-7-8-28-11-14;1-4-14(11-25)23-20(26)16-9-21-19-18(16)24-17(10-22-19)13-5-7-15(8-6-13)29(27,28)12(2)3;;;;;;;;;/h3-4,7-10,13,15-16H,5-6,11-12H2,1-2H3,(H,23,24);6-9,11-12,14,16,27H,3-5,10,13H2,1-2H3,(H,23,24);4-7,12-14H,8-11H2,1-3H3,(H,22,23);3-6,9-10,12,14H,7-8,11H2,1-2H3,(H,21,22)(H,23,25);5-10,12,14,25H,4,11H2,1-3H3,(H,21,22)(H,23,26);9*1H/t;;;2*14-;;;;;;;;;/m...10........./s1. The van der Waals surface area contributed by atoms with E-state index in [0.29, 0.717) is 176 Å². The number of piperazine rings is 1. The van der Waals surface area contributed by atoms with E-state index in [1.165, 1.54) is 6.20 Å². The Morgan fingerprint density at radius 3 is 1.00 bits per heavy atom. The first-order valence-electron chi connectivity index (χ1n) is 49.6. The molecule has 0 radical (unpaired) electrons. The number of aromatic nitrogens is 15. The zero-order valence-electron chi connectivity index (χ0n) is 85.0. The predicted molar refractivity (Wildman–Crippen MR) is 586 cm³/mol. The van der Waals surface area contributed by atoms with Crippen molar-refractivity contribution in [1.82, 2.24) is 105 Å². The van der Waals surface area contributed by atoms with Gasteiger partial charge in [0.2, 0.25) is 0 Å². The second kappa shape index (κ2) is 45.9. The van der Waals surface area contributed by atoms with E-state index in [-0.39, 0.29) is 110 Å². The van der Waals surface area contributed by atoms with Crippen molar-refractivity contribution in [3.05, 3.63) is 211 Å². The minimum absolute atomic E-state index is 0. The lowest BCUT2D eigenvalue weighted by molar-refractivity contribution is -0.0303. The second-order valence-electron chi connectivity index (χ2n) is 38.8. The summed E-state index contributed by atoms with van der Waals surface area (Å²) in [5, 5.41) is 22.2. The number of benzene rings is 5. The van der Waals surface area contributed by atoms with Crippen molar-refractivity contribution < 1.29 is 98.6 Å². The van der Waals surface area contributed by atoms with Gasteiger partial charge in [-0.05, 0) is 182 Å². The Bertz CT molecular complexity index is 7950. The Labute approximate surface area is 881 Å². The molecule has 0 saturated carbocycles. The van der Waals surface area contributed by atoms with Crippen molar-refractivity contribution in [2.75, 3.05) is 79.3 Å². The summed E-state index contributed by atoms with van der Waals surface area (Å²) in [5.41, 5.74) is 13.5. The number of fused-ring (bicyclic) bond motifs is 7. The number of sulfone groups is 5. The zero-order chi connectivity index (χ0) is 107. The molecule has 5 aliphatic rings. The lowest BCUT2D eigenvalue weighted by Gasteiger charge is -2.34. The van der Waals surface area contributed by atoms with E-state index < -0.39 is 75.4 Å². The van der Waals surface area contributed by atoms with Gasteiger partial charge < -0.3 is 74.8 Å². The summed E-state index contributed by atoms with van der Waals surface area (Å²) in [4.78, 5) is 133. The second-order valence-corrected chi connectivity index (χ2v) is 51.3. The first kappa shape index (κ1) is 109. The van der Waals surface area contributed by atoms with Gasteiger partial charge >= 0.3 is 0 Å². The molecule has 5 aromatic carbocycles. The first-order valence-corrected chi connectivity index (χ1v) is 57.4. The number of aliphatic hydroxyl groups excluding tert-OH is 2. The summed E-state index contributed by atoms with van der Waals surface area (Å²) in [6.45, 7) is 24.2. The van der Waals surface area contributed by atoms with Crippen LogP contribution in [0, 0.1) is 0 Å². The van der Waals surface area contributed by atoms with Crippen molar-refractivity contribution in [2.24, 2.45) is 0 Å². The van der Waals surface area contributed by atoms with Crippen LogP contribution in [0.25, 0.3) is 112 Å². The highest BCUT2D eigenvalue weighted by Crippen LogP contribution is 2.35. The van der Waals surface area contributed by atoms with Gasteiger partial charge in [0.1, 0.15) is 27.6 Å². The quantitative estimate of drug-likeness (QED) is 0.0257. The average molecular weight is 2160 g/mol. The van der Waals surface area contributed by atoms with E-state index in [9.17, 15) is 76.3 Å². The number of likely N-dealkylation sites (tertiary alicyclic amines) is 2. The number of ether oxygens (including phenoxy) is 2. The Morgan fingerprint density at radius 1 is 0.393 bits per heavy atom. The molecule has 808 valence electrons. The largest absolute Gasteiger partial charge is 0.394 e. The minimum Gasteiger partial charge on any atom is -0.394 e. The summed E-state index contributed by atoms with van der Waals surface area (Å²) in [5.74, 6) is -0.871. The van der Waals surface area contributed by atoms with Crippen molar-refractivity contribution in [3.8, 4) is 56.3 Å². The van der Waals surface area contributed by atoms with Gasteiger partial charge in [0.05, 0.1) is 188 Å². The maximum absolute atomic E-state index is 13.2. The number of likely N-dealkylation sites (N-methyl/N-ethyl adjacent to an activating group) is 1. The monoisotopic (exact) mass is 2160 g/mol. The fraction of sp³-hybridized carbons (Fsp3) is 0.381. The molecule has 9 N–H and O–H groups in total. The number of morpholine rings is 1. The van der Waals surface area contributed by atoms with E-state index in [1.54, 1.807) is 251 Å². The molecule has 40 nitrogen and oxygen atoms in total. The molecule has 3 unspecified atom stereocenters. The van der Waals surface area contributed by atoms with E-state index in [4.69, 9.17) is 9.47 Å². The number of hydrogen-bond donors (Lipinski definition) is 9. The predicted octanol–water partition coefficient (Wildman–Crippen LogP) is 14.6. The highest BCUT2D eigenvalue weighted by molar-refractivity contribution is 7.93. The lowest BCUT2D eigenvalue weighted by atomic mass is 10.0. The van der Waals surface area contributed by atoms with Gasteiger partial charge in [-0.3, -0.25) is 24.0 Å². The van der Waals surface area contributed by atoms with E-state index >= 15 is 0 Å². The van der Waals surface area contributed by atoms with Gasteiger partial charge in [0, 0.05) is 124 Å². The highest BCUT2D eigenvalue weighted by atomic mass is 32.2. The molecule has 0 spiro atoms. The topological polar surface area (TPSA) is 560 Å². The Kier molecular flexibility index (Phi) is 33.3. The van der Waals surface area contributed by atoms with Crippen LogP contribution in [0.2, 0.25) is 0 Å². The molecular formula is C105H139N21O19S5. The SMILES string of the molecule is CC(C)S(=O)(=O)c1ccc(-c2cnc3[nH]cc(C(=O)N4CC5CCC(C4)O5)c3n2)cc1.CC(C)S(=O)(=O)c1ccc(-c2cnc3[nH]cc(C(=O)N4CCCCC4CO)c3n2)cc1.CC(C)S(=O)(=O)c1ccc(-c2cnc3[nH]cc(C(=O)N4CCN(C)CC4)c3n2)cc1.CC(C)S(=O)(=O)c1ccc(-c2cnc3[nH]cc(C(=O)N[C@@H]4CCOC4)c3n2)cc1.CC[C@@H](CO)NC(=O)c1c[nH]c2ncc(-c3ccc(S(=O)(=O)C(C)C)cc3)nc12.[HH].[HH].[HH].[HH].[HH].[HH].[HH].[HH].[HH]. The summed E-state index contributed by atoms with van der Waals surface area (Å²) in [6.07, 6.45) is 22.4. The van der Waals surface area contributed by atoms with Crippen molar-refractivity contribution in [3.63, 3.8) is 0 Å². The van der Waals surface area contributed by atoms with Crippen LogP contribution in [0.5, 0.6) is 0 Å². The van der Waals surface area contributed by atoms with Crippen LogP contribution in [0.15, 0.2) is 208 Å².